The maximum absolute atomic E-state index is 6.11. The van der Waals surface area contributed by atoms with E-state index in [9.17, 15) is 0 Å². The van der Waals surface area contributed by atoms with Gasteiger partial charge in [-0.05, 0) is 55.0 Å². The topological polar surface area (TPSA) is 12.0 Å². The lowest BCUT2D eigenvalue weighted by Gasteiger charge is -2.24. The third kappa shape index (κ3) is 3.48. The third-order valence-electron chi connectivity index (χ3n) is 4.42. The molecule has 1 N–H and O–H groups in total. The maximum atomic E-state index is 6.11. The molecule has 1 aliphatic rings. The van der Waals surface area contributed by atoms with Gasteiger partial charge in [-0.25, -0.2) is 0 Å². The Hall–Kier alpha value is -1.31. The molecule has 0 spiro atoms. The number of hydrogen-bond acceptors (Lipinski definition) is 1. The van der Waals surface area contributed by atoms with Gasteiger partial charge in [0, 0.05) is 17.1 Å². The molecule has 2 heteroatoms. The molecule has 2 atom stereocenters. The highest BCUT2D eigenvalue weighted by Crippen LogP contribution is 2.31. The summed E-state index contributed by atoms with van der Waals surface area (Å²) < 4.78 is 0. The molecule has 3 rings (SSSR count). The van der Waals surface area contributed by atoms with Gasteiger partial charge in [-0.1, -0.05) is 54.4 Å². The monoisotopic (exact) mass is 299 g/mol. The Morgan fingerprint density at radius 3 is 2.81 bits per heavy atom. The summed E-state index contributed by atoms with van der Waals surface area (Å²) in [6.07, 6.45) is 5.00. The van der Waals surface area contributed by atoms with E-state index in [0.29, 0.717) is 12.1 Å². The molecule has 21 heavy (non-hydrogen) atoms. The van der Waals surface area contributed by atoms with Gasteiger partial charge in [-0.2, -0.15) is 0 Å². The molecule has 2 unspecified atom stereocenters. The lowest BCUT2D eigenvalue weighted by Crippen LogP contribution is -2.25. The summed E-state index contributed by atoms with van der Waals surface area (Å²) in [5, 5.41) is 4.61. The molecule has 1 aliphatic carbocycles. The van der Waals surface area contributed by atoms with Gasteiger partial charge in [-0.15, -0.1) is 0 Å². The summed E-state index contributed by atoms with van der Waals surface area (Å²) in [5.74, 6) is 0. The molecule has 2 aromatic rings. The zero-order valence-corrected chi connectivity index (χ0v) is 13.2. The van der Waals surface area contributed by atoms with Crippen LogP contribution in [0.1, 0.15) is 55.0 Å². The Morgan fingerprint density at radius 1 is 1.10 bits per heavy atom. The van der Waals surface area contributed by atoms with E-state index in [1.807, 2.05) is 12.1 Å². The van der Waals surface area contributed by atoms with Crippen molar-refractivity contribution in [2.75, 3.05) is 0 Å². The van der Waals surface area contributed by atoms with Crippen LogP contribution in [0.15, 0.2) is 48.5 Å². The van der Waals surface area contributed by atoms with E-state index < -0.39 is 0 Å². The van der Waals surface area contributed by atoms with Gasteiger partial charge in [0.2, 0.25) is 0 Å². The first kappa shape index (κ1) is 14.6. The molecule has 0 saturated carbocycles. The molecule has 0 radical (unpaired) electrons. The lowest BCUT2D eigenvalue weighted by molar-refractivity contribution is 0.437. The number of rotatable bonds is 3. The zero-order chi connectivity index (χ0) is 14.7. The quantitative estimate of drug-likeness (QED) is 0.742. The predicted octanol–water partition coefficient (Wildman–Crippen LogP) is 5.46. The first-order chi connectivity index (χ1) is 10.2. The average molecular weight is 300 g/mol. The van der Waals surface area contributed by atoms with Gasteiger partial charge in [0.15, 0.2) is 0 Å². The van der Waals surface area contributed by atoms with Crippen LogP contribution in [0, 0.1) is 0 Å². The number of halogens is 1. The molecule has 0 aromatic heterocycles. The number of hydrogen-bond donors (Lipinski definition) is 1. The third-order valence-corrected chi connectivity index (χ3v) is 4.65. The molecule has 1 nitrogen and oxygen atoms in total. The first-order valence-electron chi connectivity index (χ1n) is 7.83. The highest BCUT2D eigenvalue weighted by Gasteiger charge is 2.20. The van der Waals surface area contributed by atoms with Gasteiger partial charge >= 0.3 is 0 Å². The normalized spacial score (nSPS) is 19.6. The fraction of sp³-hybridized carbons (Fsp3) is 0.368. The molecule has 0 saturated heterocycles. The fourth-order valence-corrected chi connectivity index (χ4v) is 3.47. The minimum atomic E-state index is 0.305. The first-order valence-corrected chi connectivity index (χ1v) is 8.21. The Kier molecular flexibility index (Phi) is 4.62. The van der Waals surface area contributed by atoms with E-state index in [1.54, 1.807) is 0 Å². The van der Waals surface area contributed by atoms with Crippen LogP contribution in [-0.2, 0) is 6.42 Å². The van der Waals surface area contributed by atoms with Crippen molar-refractivity contribution in [3.8, 4) is 0 Å². The van der Waals surface area contributed by atoms with E-state index in [-0.39, 0.29) is 0 Å². The summed E-state index contributed by atoms with van der Waals surface area (Å²) in [6, 6.07) is 17.8. The van der Waals surface area contributed by atoms with E-state index in [1.165, 1.54) is 42.4 Å². The van der Waals surface area contributed by atoms with Crippen LogP contribution in [0.2, 0.25) is 5.02 Å². The zero-order valence-electron chi connectivity index (χ0n) is 12.5. The van der Waals surface area contributed by atoms with Gasteiger partial charge in [-0.3, -0.25) is 0 Å². The Morgan fingerprint density at radius 2 is 1.95 bits per heavy atom. The molecule has 2 aromatic carbocycles. The molecule has 0 heterocycles. The minimum absolute atomic E-state index is 0.305. The van der Waals surface area contributed by atoms with E-state index >= 15 is 0 Å². The molecule has 110 valence electrons. The van der Waals surface area contributed by atoms with Crippen molar-refractivity contribution in [3.05, 3.63) is 70.2 Å². The summed E-state index contributed by atoms with van der Waals surface area (Å²) >= 11 is 6.11. The molecular formula is C19H22ClN. The van der Waals surface area contributed by atoms with Crippen molar-refractivity contribution in [1.82, 2.24) is 5.32 Å². The maximum Gasteiger partial charge on any atom is 0.0409 e. The second kappa shape index (κ2) is 6.64. The van der Waals surface area contributed by atoms with Crippen LogP contribution >= 0.6 is 11.6 Å². The predicted molar refractivity (Wildman–Crippen MR) is 89.7 cm³/mol. The summed E-state index contributed by atoms with van der Waals surface area (Å²) in [5.41, 5.74) is 4.24. The van der Waals surface area contributed by atoms with Crippen LogP contribution in [0.3, 0.4) is 0 Å². The summed E-state index contributed by atoms with van der Waals surface area (Å²) in [6.45, 7) is 2.22. The molecule has 0 fully saturated rings. The number of benzene rings is 2. The van der Waals surface area contributed by atoms with E-state index in [4.69, 9.17) is 11.6 Å². The minimum Gasteiger partial charge on any atom is -0.303 e. The van der Waals surface area contributed by atoms with Crippen molar-refractivity contribution in [2.45, 2.75) is 44.7 Å². The van der Waals surface area contributed by atoms with Crippen LogP contribution in [0.4, 0.5) is 0 Å². The second-order valence-corrected chi connectivity index (χ2v) is 6.38. The summed E-state index contributed by atoms with van der Waals surface area (Å²) in [4.78, 5) is 0. The van der Waals surface area contributed by atoms with Gasteiger partial charge in [0.05, 0.1) is 0 Å². The Bertz CT molecular complexity index is 608. The van der Waals surface area contributed by atoms with E-state index in [2.05, 4.69) is 48.6 Å². The highest BCUT2D eigenvalue weighted by molar-refractivity contribution is 6.30. The molecule has 0 aliphatic heterocycles. The Labute approximate surface area is 132 Å². The van der Waals surface area contributed by atoms with Crippen molar-refractivity contribution < 1.29 is 0 Å². The van der Waals surface area contributed by atoms with Crippen LogP contribution in [0.5, 0.6) is 0 Å². The second-order valence-electron chi connectivity index (χ2n) is 5.94. The molecule has 0 bridgehead atoms. The van der Waals surface area contributed by atoms with Gasteiger partial charge < -0.3 is 5.32 Å². The largest absolute Gasteiger partial charge is 0.303 e. The molecule has 0 amide bonds. The smallest absolute Gasteiger partial charge is 0.0409 e. The number of nitrogens with one attached hydrogen (secondary N) is 1. The van der Waals surface area contributed by atoms with Gasteiger partial charge in [0.1, 0.15) is 0 Å². The van der Waals surface area contributed by atoms with Crippen LogP contribution < -0.4 is 5.32 Å². The SMILES string of the molecule is CC(NC1CCCCc2ccccc21)c1cccc(Cl)c1. The highest BCUT2D eigenvalue weighted by atomic mass is 35.5. The van der Waals surface area contributed by atoms with Crippen LogP contribution in [0.25, 0.3) is 0 Å². The van der Waals surface area contributed by atoms with Crippen molar-refractivity contribution in [3.63, 3.8) is 0 Å². The lowest BCUT2D eigenvalue weighted by atomic mass is 9.97. The van der Waals surface area contributed by atoms with Gasteiger partial charge in [0.25, 0.3) is 0 Å². The van der Waals surface area contributed by atoms with Crippen molar-refractivity contribution in [2.24, 2.45) is 0 Å². The van der Waals surface area contributed by atoms with Crippen molar-refractivity contribution >= 4 is 11.6 Å². The summed E-state index contributed by atoms with van der Waals surface area (Å²) in [7, 11) is 0. The van der Waals surface area contributed by atoms with Crippen molar-refractivity contribution in [1.29, 1.82) is 0 Å². The van der Waals surface area contributed by atoms with E-state index in [0.717, 1.165) is 5.02 Å². The standard InChI is InChI=1S/C19H22ClN/c1-14(16-9-6-10-17(20)13-16)21-19-12-5-3-8-15-7-2-4-11-18(15)19/h2,4,6-7,9-11,13-14,19,21H,3,5,8,12H2,1H3. The average Bonchev–Trinajstić information content (AvgIpc) is 2.70. The fourth-order valence-electron chi connectivity index (χ4n) is 3.27. The molecular weight excluding hydrogens is 278 g/mol. The number of fused-ring (bicyclic) bond motifs is 1. The number of aryl methyl sites for hydroxylation is 1. The Balaban J connectivity index is 1.81. The van der Waals surface area contributed by atoms with Crippen LogP contribution in [-0.4, -0.2) is 0 Å².